The van der Waals surface area contributed by atoms with Crippen molar-refractivity contribution < 1.29 is 5.11 Å². The molecule has 2 heterocycles. The maximum atomic E-state index is 9.90. The van der Waals surface area contributed by atoms with Gasteiger partial charge in [0.25, 0.3) is 0 Å². The lowest BCUT2D eigenvalue weighted by molar-refractivity contribution is 0.167. The van der Waals surface area contributed by atoms with Crippen LogP contribution in [0.3, 0.4) is 0 Å². The first-order valence-electron chi connectivity index (χ1n) is 4.70. The number of aryl methyl sites for hydroxylation is 1. The molecule has 0 amide bonds. The Kier molecular flexibility index (Phi) is 2.73. The molecule has 1 unspecified atom stereocenters. The average molecular weight is 204 g/mol. The molecule has 5 nitrogen and oxygen atoms in total. The van der Waals surface area contributed by atoms with Crippen LogP contribution in [0, 0.1) is 0 Å². The Balaban J connectivity index is 2.11. The molecule has 0 fully saturated rings. The number of rotatable bonds is 3. The zero-order valence-electron chi connectivity index (χ0n) is 8.41. The second-order valence-corrected chi connectivity index (χ2v) is 3.32. The quantitative estimate of drug-likeness (QED) is 0.790. The van der Waals surface area contributed by atoms with Gasteiger partial charge in [0, 0.05) is 25.4 Å². The first-order chi connectivity index (χ1) is 7.27. The highest BCUT2D eigenvalue weighted by Crippen LogP contribution is 2.14. The molecule has 2 aromatic heterocycles. The van der Waals surface area contributed by atoms with Gasteiger partial charge in [-0.2, -0.15) is 0 Å². The minimum Gasteiger partial charge on any atom is -0.386 e. The van der Waals surface area contributed by atoms with Crippen molar-refractivity contribution in [3.8, 4) is 0 Å². The molecular weight excluding hydrogens is 192 g/mol. The molecule has 0 aliphatic carbocycles. The van der Waals surface area contributed by atoms with Gasteiger partial charge in [-0.05, 0) is 12.1 Å². The van der Waals surface area contributed by atoms with Crippen molar-refractivity contribution in [1.82, 2.24) is 20.0 Å². The van der Waals surface area contributed by atoms with E-state index < -0.39 is 6.10 Å². The highest BCUT2D eigenvalue weighted by Gasteiger charge is 2.13. The van der Waals surface area contributed by atoms with E-state index in [1.54, 1.807) is 24.1 Å². The van der Waals surface area contributed by atoms with E-state index >= 15 is 0 Å². The van der Waals surface area contributed by atoms with Gasteiger partial charge in [-0.1, -0.05) is 11.3 Å². The Morgan fingerprint density at radius 2 is 2.33 bits per heavy atom. The lowest BCUT2D eigenvalue weighted by Gasteiger charge is -2.08. The maximum absolute atomic E-state index is 9.90. The van der Waals surface area contributed by atoms with Gasteiger partial charge in [0.1, 0.15) is 6.10 Å². The van der Waals surface area contributed by atoms with Crippen molar-refractivity contribution in [3.63, 3.8) is 0 Å². The normalized spacial score (nSPS) is 12.7. The first kappa shape index (κ1) is 9.79. The van der Waals surface area contributed by atoms with Crippen LogP contribution in [-0.2, 0) is 13.5 Å². The molecule has 0 spiro atoms. The standard InChI is InChI=1S/C10H12N4O/c1-14-9(7-12-13-14)10(15)6-8-4-2-3-5-11-8/h2-5,7,10,15H,6H2,1H3. The number of aliphatic hydroxyl groups excluding tert-OH is 1. The number of aliphatic hydroxyl groups is 1. The van der Waals surface area contributed by atoms with Crippen molar-refractivity contribution in [1.29, 1.82) is 0 Å². The summed E-state index contributed by atoms with van der Waals surface area (Å²) in [4.78, 5) is 4.15. The van der Waals surface area contributed by atoms with Gasteiger partial charge in [0.2, 0.25) is 0 Å². The molecule has 1 atom stereocenters. The van der Waals surface area contributed by atoms with Crippen LogP contribution in [0.2, 0.25) is 0 Å². The van der Waals surface area contributed by atoms with Gasteiger partial charge in [-0.15, -0.1) is 5.10 Å². The zero-order valence-corrected chi connectivity index (χ0v) is 8.41. The molecular formula is C10H12N4O. The minimum atomic E-state index is -0.611. The van der Waals surface area contributed by atoms with Crippen LogP contribution in [0.5, 0.6) is 0 Å². The monoisotopic (exact) mass is 204 g/mol. The second-order valence-electron chi connectivity index (χ2n) is 3.32. The van der Waals surface area contributed by atoms with Crippen molar-refractivity contribution in [2.75, 3.05) is 0 Å². The minimum absolute atomic E-state index is 0.474. The van der Waals surface area contributed by atoms with Crippen LogP contribution in [0.1, 0.15) is 17.5 Å². The molecule has 0 bridgehead atoms. The molecule has 78 valence electrons. The van der Waals surface area contributed by atoms with Crippen LogP contribution in [0.4, 0.5) is 0 Å². The summed E-state index contributed by atoms with van der Waals surface area (Å²) in [7, 11) is 1.75. The molecule has 2 aromatic rings. The number of nitrogens with zero attached hydrogens (tertiary/aromatic N) is 4. The van der Waals surface area contributed by atoms with Crippen molar-refractivity contribution >= 4 is 0 Å². The van der Waals surface area contributed by atoms with Crippen molar-refractivity contribution in [3.05, 3.63) is 42.0 Å². The summed E-state index contributed by atoms with van der Waals surface area (Å²) in [5.41, 5.74) is 1.55. The second kappa shape index (κ2) is 4.18. The predicted molar refractivity (Wildman–Crippen MR) is 53.9 cm³/mol. The van der Waals surface area contributed by atoms with Crippen LogP contribution >= 0.6 is 0 Å². The third kappa shape index (κ3) is 2.19. The Bertz CT molecular complexity index is 426. The summed E-state index contributed by atoms with van der Waals surface area (Å²) >= 11 is 0. The fourth-order valence-corrected chi connectivity index (χ4v) is 1.42. The van der Waals surface area contributed by atoms with E-state index in [4.69, 9.17) is 0 Å². The molecule has 0 saturated heterocycles. The summed E-state index contributed by atoms with van der Waals surface area (Å²) in [5, 5.41) is 17.4. The third-order valence-electron chi connectivity index (χ3n) is 2.22. The highest BCUT2D eigenvalue weighted by atomic mass is 16.3. The SMILES string of the molecule is Cn1nncc1C(O)Cc1ccccn1. The number of aromatic nitrogens is 4. The lowest BCUT2D eigenvalue weighted by atomic mass is 10.1. The largest absolute Gasteiger partial charge is 0.386 e. The van der Waals surface area contributed by atoms with Gasteiger partial charge in [0.05, 0.1) is 11.9 Å². The van der Waals surface area contributed by atoms with Gasteiger partial charge in [-0.25, -0.2) is 4.68 Å². The molecule has 5 heteroatoms. The molecule has 0 aliphatic heterocycles. The molecule has 0 aromatic carbocycles. The van der Waals surface area contributed by atoms with E-state index in [0.29, 0.717) is 12.1 Å². The molecule has 0 aliphatic rings. The van der Waals surface area contributed by atoms with E-state index in [2.05, 4.69) is 15.3 Å². The van der Waals surface area contributed by atoms with Crippen molar-refractivity contribution in [2.24, 2.45) is 7.05 Å². The lowest BCUT2D eigenvalue weighted by Crippen LogP contribution is -2.08. The van der Waals surface area contributed by atoms with Crippen LogP contribution < -0.4 is 0 Å². The Labute approximate surface area is 87.4 Å². The summed E-state index contributed by atoms with van der Waals surface area (Å²) in [6, 6.07) is 5.63. The molecule has 0 saturated carbocycles. The van der Waals surface area contributed by atoms with Gasteiger partial charge in [0.15, 0.2) is 0 Å². The maximum Gasteiger partial charge on any atom is 0.103 e. The van der Waals surface area contributed by atoms with E-state index in [0.717, 1.165) is 5.69 Å². The average Bonchev–Trinajstić information content (AvgIpc) is 2.66. The molecule has 15 heavy (non-hydrogen) atoms. The summed E-state index contributed by atoms with van der Waals surface area (Å²) in [6.45, 7) is 0. The van der Waals surface area contributed by atoms with E-state index in [1.807, 2.05) is 18.2 Å². The Morgan fingerprint density at radius 3 is 2.93 bits per heavy atom. The molecule has 2 rings (SSSR count). The van der Waals surface area contributed by atoms with Crippen LogP contribution in [0.15, 0.2) is 30.6 Å². The summed E-state index contributed by atoms with van der Waals surface area (Å²) in [6.07, 6.45) is 3.14. The number of hydrogen-bond acceptors (Lipinski definition) is 4. The summed E-state index contributed by atoms with van der Waals surface area (Å²) in [5.74, 6) is 0. The number of pyridine rings is 1. The fraction of sp³-hybridized carbons (Fsp3) is 0.300. The Morgan fingerprint density at radius 1 is 1.47 bits per heavy atom. The third-order valence-corrected chi connectivity index (χ3v) is 2.22. The molecule has 1 N–H and O–H groups in total. The van der Waals surface area contributed by atoms with Gasteiger partial charge in [-0.3, -0.25) is 4.98 Å². The smallest absolute Gasteiger partial charge is 0.103 e. The van der Waals surface area contributed by atoms with Gasteiger partial charge >= 0.3 is 0 Å². The van der Waals surface area contributed by atoms with Crippen LogP contribution in [-0.4, -0.2) is 25.1 Å². The Hall–Kier alpha value is -1.75. The number of hydrogen-bond donors (Lipinski definition) is 1. The first-order valence-corrected chi connectivity index (χ1v) is 4.70. The van der Waals surface area contributed by atoms with E-state index in [1.165, 1.54) is 0 Å². The molecule has 0 radical (unpaired) electrons. The highest BCUT2D eigenvalue weighted by molar-refractivity contribution is 5.08. The van der Waals surface area contributed by atoms with E-state index in [-0.39, 0.29) is 0 Å². The van der Waals surface area contributed by atoms with Crippen LogP contribution in [0.25, 0.3) is 0 Å². The fourth-order valence-electron chi connectivity index (χ4n) is 1.42. The van der Waals surface area contributed by atoms with Gasteiger partial charge < -0.3 is 5.11 Å². The van der Waals surface area contributed by atoms with E-state index in [9.17, 15) is 5.11 Å². The van der Waals surface area contributed by atoms with Crippen molar-refractivity contribution in [2.45, 2.75) is 12.5 Å². The zero-order chi connectivity index (χ0) is 10.7. The predicted octanol–water partition coefficient (Wildman–Crippen LogP) is 0.486. The topological polar surface area (TPSA) is 63.8 Å². The summed E-state index contributed by atoms with van der Waals surface area (Å²) < 4.78 is 1.56.